The highest BCUT2D eigenvalue weighted by atomic mass is 32.2. The topological polar surface area (TPSA) is 83.1 Å². The molecule has 7 nitrogen and oxygen atoms in total. The lowest BCUT2D eigenvalue weighted by atomic mass is 10.2. The molecule has 0 saturated carbocycles. The molecule has 0 aliphatic carbocycles. The van der Waals surface area contributed by atoms with Crippen molar-refractivity contribution in [2.24, 2.45) is 0 Å². The molecule has 0 rings (SSSR count). The van der Waals surface area contributed by atoms with Crippen LogP contribution in [0.2, 0.25) is 6.04 Å². The van der Waals surface area contributed by atoms with E-state index in [2.05, 4.69) is 5.32 Å². The van der Waals surface area contributed by atoms with Crippen LogP contribution in [0.4, 0.5) is 4.79 Å². The Labute approximate surface area is 163 Å². The van der Waals surface area contributed by atoms with Crippen LogP contribution in [0.5, 0.6) is 0 Å². The molecule has 0 aromatic carbocycles. The predicted molar refractivity (Wildman–Crippen MR) is 106 cm³/mol. The number of carbonyl (C=O) groups excluding carboxylic acids is 2. The van der Waals surface area contributed by atoms with E-state index in [0.29, 0.717) is 31.6 Å². The van der Waals surface area contributed by atoms with Crippen molar-refractivity contribution in [3.8, 4) is 0 Å². The van der Waals surface area contributed by atoms with Gasteiger partial charge in [-0.1, -0.05) is 11.8 Å². The molecule has 0 aliphatic rings. The molecular formula is C17H35NO6SSi. The minimum atomic E-state index is -2.63. The van der Waals surface area contributed by atoms with Crippen LogP contribution in [0.1, 0.15) is 54.4 Å². The molecule has 26 heavy (non-hydrogen) atoms. The third-order valence-electron chi connectivity index (χ3n) is 2.98. The van der Waals surface area contributed by atoms with Crippen molar-refractivity contribution in [2.45, 2.75) is 66.0 Å². The molecule has 0 bridgehead atoms. The van der Waals surface area contributed by atoms with E-state index in [1.807, 2.05) is 20.8 Å². The van der Waals surface area contributed by atoms with Gasteiger partial charge >= 0.3 is 14.9 Å². The van der Waals surface area contributed by atoms with Crippen molar-refractivity contribution < 1.29 is 27.6 Å². The van der Waals surface area contributed by atoms with Crippen LogP contribution in [0.3, 0.4) is 0 Å². The average molecular weight is 410 g/mol. The number of hydrogen-bond acceptors (Lipinski definition) is 7. The third kappa shape index (κ3) is 12.7. The van der Waals surface area contributed by atoms with E-state index >= 15 is 0 Å². The van der Waals surface area contributed by atoms with Crippen LogP contribution in [0.25, 0.3) is 0 Å². The zero-order chi connectivity index (χ0) is 20.1. The van der Waals surface area contributed by atoms with E-state index in [1.54, 1.807) is 20.8 Å². The SMILES string of the molecule is CCO[Si](CCCSC(=O)CCNC(=O)OC(C)(C)C)(OCC)OCC. The van der Waals surface area contributed by atoms with Crippen molar-refractivity contribution in [3.05, 3.63) is 0 Å². The van der Waals surface area contributed by atoms with Gasteiger partial charge in [-0.25, -0.2) is 4.79 Å². The molecule has 0 fully saturated rings. The van der Waals surface area contributed by atoms with E-state index in [9.17, 15) is 9.59 Å². The van der Waals surface area contributed by atoms with Crippen LogP contribution in [0, 0.1) is 0 Å². The molecule has 0 aromatic heterocycles. The molecule has 1 N–H and O–H groups in total. The van der Waals surface area contributed by atoms with Crippen LogP contribution in [-0.2, 0) is 22.8 Å². The van der Waals surface area contributed by atoms with Gasteiger partial charge in [0.2, 0.25) is 0 Å². The predicted octanol–water partition coefficient (Wildman–Crippen LogP) is 3.60. The minimum absolute atomic E-state index is 0.0394. The average Bonchev–Trinajstić information content (AvgIpc) is 2.50. The Hall–Kier alpha value is -0.613. The third-order valence-corrected chi connectivity index (χ3v) is 7.15. The largest absolute Gasteiger partial charge is 0.500 e. The highest BCUT2D eigenvalue weighted by molar-refractivity contribution is 8.13. The summed E-state index contributed by atoms with van der Waals surface area (Å²) in [6.07, 6.45) is 0.549. The van der Waals surface area contributed by atoms with Gasteiger partial charge in [-0.05, 0) is 48.0 Å². The summed E-state index contributed by atoms with van der Waals surface area (Å²) in [6, 6.07) is 0.693. The molecule has 0 radical (unpaired) electrons. The molecule has 1 amide bonds. The lowest BCUT2D eigenvalue weighted by Gasteiger charge is -2.28. The number of ether oxygens (including phenoxy) is 1. The molecule has 0 saturated heterocycles. The van der Waals surface area contributed by atoms with Gasteiger partial charge < -0.3 is 23.3 Å². The number of hydrogen-bond donors (Lipinski definition) is 1. The van der Waals surface area contributed by atoms with Crippen LogP contribution in [-0.4, -0.2) is 57.7 Å². The molecule has 9 heteroatoms. The van der Waals surface area contributed by atoms with Gasteiger partial charge in [-0.2, -0.15) is 0 Å². The first kappa shape index (κ1) is 25.4. The highest BCUT2D eigenvalue weighted by Gasteiger charge is 2.39. The normalized spacial score (nSPS) is 12.1. The first-order chi connectivity index (χ1) is 12.2. The van der Waals surface area contributed by atoms with Gasteiger partial charge in [0.05, 0.1) is 0 Å². The summed E-state index contributed by atoms with van der Waals surface area (Å²) in [5, 5.41) is 2.63. The summed E-state index contributed by atoms with van der Waals surface area (Å²) in [5.41, 5.74) is -0.541. The fourth-order valence-corrected chi connectivity index (χ4v) is 5.76. The maximum Gasteiger partial charge on any atom is 0.500 e. The number of carbonyl (C=O) groups is 2. The Morgan fingerprint density at radius 1 is 1.00 bits per heavy atom. The summed E-state index contributed by atoms with van der Waals surface area (Å²) in [5.74, 6) is 0.674. The van der Waals surface area contributed by atoms with Crippen molar-refractivity contribution in [1.29, 1.82) is 0 Å². The lowest BCUT2D eigenvalue weighted by molar-refractivity contribution is -0.110. The number of nitrogens with one attached hydrogen (secondary N) is 1. The fraction of sp³-hybridized carbons (Fsp3) is 0.882. The molecule has 0 heterocycles. The van der Waals surface area contributed by atoms with Crippen molar-refractivity contribution >= 4 is 31.8 Å². The Bertz CT molecular complexity index is 400. The Morgan fingerprint density at radius 2 is 1.54 bits per heavy atom. The van der Waals surface area contributed by atoms with Crippen LogP contribution in [0.15, 0.2) is 0 Å². The number of alkyl carbamates (subject to hydrolysis) is 1. The number of amides is 1. The monoisotopic (exact) mass is 409 g/mol. The highest BCUT2D eigenvalue weighted by Crippen LogP contribution is 2.20. The van der Waals surface area contributed by atoms with Crippen LogP contribution >= 0.6 is 11.8 Å². The van der Waals surface area contributed by atoms with Gasteiger partial charge in [0.25, 0.3) is 0 Å². The van der Waals surface area contributed by atoms with E-state index in [0.717, 1.165) is 6.42 Å². The molecule has 0 atom stereocenters. The van der Waals surface area contributed by atoms with E-state index < -0.39 is 20.5 Å². The molecular weight excluding hydrogens is 374 g/mol. The first-order valence-electron chi connectivity index (χ1n) is 9.22. The Kier molecular flexibility index (Phi) is 13.2. The maximum absolute atomic E-state index is 11.9. The first-order valence-corrected chi connectivity index (χ1v) is 12.1. The van der Waals surface area contributed by atoms with Gasteiger partial charge in [0.1, 0.15) is 5.60 Å². The lowest BCUT2D eigenvalue weighted by Crippen LogP contribution is -2.46. The zero-order valence-corrected chi connectivity index (χ0v) is 18.8. The second kappa shape index (κ2) is 13.5. The van der Waals surface area contributed by atoms with Gasteiger partial charge in [0, 0.05) is 44.6 Å². The Balaban J connectivity index is 4.06. The smallest absolute Gasteiger partial charge is 0.444 e. The van der Waals surface area contributed by atoms with E-state index in [-0.39, 0.29) is 18.1 Å². The number of rotatable bonds is 13. The molecule has 0 aromatic rings. The molecule has 0 spiro atoms. The quantitative estimate of drug-likeness (QED) is 0.367. The van der Waals surface area contributed by atoms with Gasteiger partial charge in [-0.15, -0.1) is 0 Å². The summed E-state index contributed by atoms with van der Waals surface area (Å²) < 4.78 is 22.5. The molecule has 0 aliphatic heterocycles. The van der Waals surface area contributed by atoms with E-state index in [4.69, 9.17) is 18.0 Å². The van der Waals surface area contributed by atoms with Gasteiger partial charge in [0.15, 0.2) is 5.12 Å². The molecule has 0 unspecified atom stereocenters. The second-order valence-corrected chi connectivity index (χ2v) is 10.4. The standard InChI is InChI=1S/C17H35NO6SSi/c1-7-21-26(22-8-2,23-9-3)14-10-13-25-15(19)11-12-18-16(20)24-17(4,5)6/h7-14H2,1-6H3,(H,18,20). The van der Waals surface area contributed by atoms with E-state index in [1.165, 1.54) is 11.8 Å². The second-order valence-electron chi connectivity index (χ2n) is 6.48. The van der Waals surface area contributed by atoms with Crippen LogP contribution < -0.4 is 5.32 Å². The zero-order valence-electron chi connectivity index (χ0n) is 17.0. The van der Waals surface area contributed by atoms with Crippen molar-refractivity contribution in [1.82, 2.24) is 5.32 Å². The number of thioether (sulfide) groups is 1. The minimum Gasteiger partial charge on any atom is -0.444 e. The summed E-state index contributed by atoms with van der Waals surface area (Å²) >= 11 is 1.26. The summed E-state index contributed by atoms with van der Waals surface area (Å²) in [6.45, 7) is 13.1. The van der Waals surface area contributed by atoms with Crippen molar-refractivity contribution in [3.63, 3.8) is 0 Å². The summed E-state index contributed by atoms with van der Waals surface area (Å²) in [4.78, 5) is 23.4. The fourth-order valence-electron chi connectivity index (χ4n) is 2.13. The van der Waals surface area contributed by atoms with Gasteiger partial charge in [-0.3, -0.25) is 4.79 Å². The maximum atomic E-state index is 11.9. The summed E-state index contributed by atoms with van der Waals surface area (Å²) in [7, 11) is -2.63. The Morgan fingerprint density at radius 3 is 2.00 bits per heavy atom. The van der Waals surface area contributed by atoms with Crippen molar-refractivity contribution in [2.75, 3.05) is 32.1 Å². The molecule has 154 valence electrons.